The number of hydrogen-bond donors (Lipinski definition) is 2. The van der Waals surface area contributed by atoms with Crippen molar-refractivity contribution < 1.29 is 9.63 Å². The van der Waals surface area contributed by atoms with Gasteiger partial charge < -0.3 is 9.63 Å². The maximum atomic E-state index is 12.2. The number of rotatable bonds is 5. The summed E-state index contributed by atoms with van der Waals surface area (Å²) in [4.78, 5) is 34.8. The smallest absolute Gasteiger partial charge is 0.335 e. The van der Waals surface area contributed by atoms with E-state index in [1.165, 1.54) is 12.1 Å². The molecule has 2 aromatic heterocycles. The Balaban J connectivity index is 1.60. The lowest BCUT2D eigenvalue weighted by atomic mass is 10.2. The number of nitrogens with one attached hydrogen (secondary N) is 1. The number of aromatic nitrogens is 4. The first-order chi connectivity index (χ1) is 14.5. The van der Waals surface area contributed by atoms with Gasteiger partial charge in [-0.15, -0.1) is 0 Å². The normalized spacial score (nSPS) is 11.2. The molecule has 30 heavy (non-hydrogen) atoms. The molecule has 0 spiro atoms. The van der Waals surface area contributed by atoms with E-state index >= 15 is 0 Å². The maximum absolute atomic E-state index is 12.2. The van der Waals surface area contributed by atoms with Crippen molar-refractivity contribution in [1.29, 1.82) is 0 Å². The Hall–Kier alpha value is -3.98. The number of aliphatic imine (C=N–C) groups is 1. The van der Waals surface area contributed by atoms with Crippen molar-refractivity contribution >= 4 is 17.8 Å². The highest BCUT2D eigenvalue weighted by Gasteiger charge is 2.14. The summed E-state index contributed by atoms with van der Waals surface area (Å²) < 4.78 is 6.09. The van der Waals surface area contributed by atoms with Gasteiger partial charge in [0.25, 0.3) is 5.56 Å². The molecule has 2 heterocycles. The molecule has 0 aliphatic carbocycles. The van der Waals surface area contributed by atoms with Crippen molar-refractivity contribution in [1.82, 2.24) is 19.7 Å². The average Bonchev–Trinajstić information content (AvgIpc) is 3.21. The van der Waals surface area contributed by atoms with E-state index in [9.17, 15) is 14.7 Å². The van der Waals surface area contributed by atoms with Crippen LogP contribution in [0.3, 0.4) is 0 Å². The minimum atomic E-state index is -0.790. The zero-order chi connectivity index (χ0) is 21.1. The van der Waals surface area contributed by atoms with Crippen LogP contribution in [-0.4, -0.2) is 31.0 Å². The van der Waals surface area contributed by atoms with Crippen molar-refractivity contribution in [2.75, 3.05) is 0 Å². The molecule has 0 aliphatic heterocycles. The van der Waals surface area contributed by atoms with E-state index in [4.69, 9.17) is 16.1 Å². The van der Waals surface area contributed by atoms with Crippen LogP contribution in [0.15, 0.2) is 73.7 Å². The van der Waals surface area contributed by atoms with Gasteiger partial charge in [0.05, 0.1) is 5.69 Å². The van der Waals surface area contributed by atoms with Crippen molar-refractivity contribution in [3.8, 4) is 23.0 Å². The standard InChI is InChI=1S/C20H14ClN5O4/c21-13-6-8-14(9-7-13)26-19(28)15(18(27)24-20(26)29)10-22-11-16-23-17(25-30-16)12-4-2-1-3-5-12/h1-10,28H,11H2,(H,24,27,29). The molecule has 150 valence electrons. The zero-order valence-electron chi connectivity index (χ0n) is 15.3. The summed E-state index contributed by atoms with van der Waals surface area (Å²) in [5.41, 5.74) is -0.631. The number of nitrogens with zero attached hydrogens (tertiary/aromatic N) is 4. The molecule has 0 bridgehead atoms. The fourth-order valence-corrected chi connectivity index (χ4v) is 2.85. The van der Waals surface area contributed by atoms with Gasteiger partial charge >= 0.3 is 5.69 Å². The largest absolute Gasteiger partial charge is 0.493 e. The second-order valence-electron chi connectivity index (χ2n) is 6.16. The Labute approximate surface area is 173 Å². The van der Waals surface area contributed by atoms with Gasteiger partial charge in [-0.05, 0) is 24.3 Å². The van der Waals surface area contributed by atoms with Crippen LogP contribution in [0.25, 0.3) is 17.1 Å². The monoisotopic (exact) mass is 423 g/mol. The van der Waals surface area contributed by atoms with Gasteiger partial charge in [0.2, 0.25) is 17.6 Å². The van der Waals surface area contributed by atoms with Crippen LogP contribution in [0.1, 0.15) is 11.5 Å². The van der Waals surface area contributed by atoms with Gasteiger partial charge in [0.1, 0.15) is 12.1 Å². The first-order valence-corrected chi connectivity index (χ1v) is 9.13. The van der Waals surface area contributed by atoms with Gasteiger partial charge in [0, 0.05) is 16.8 Å². The Morgan fingerprint density at radius 3 is 2.60 bits per heavy atom. The topological polar surface area (TPSA) is 126 Å². The number of halogens is 1. The lowest BCUT2D eigenvalue weighted by Gasteiger charge is -2.09. The SMILES string of the molecule is O=c1[nH]c(=O)n(-c2ccc(Cl)cc2)c(O)c1C=NCc1nc(-c2ccccc2)no1. The van der Waals surface area contributed by atoms with E-state index in [2.05, 4.69) is 20.1 Å². The fraction of sp³-hybridized carbons (Fsp3) is 0.0500. The van der Waals surface area contributed by atoms with Crippen LogP contribution in [0.5, 0.6) is 5.88 Å². The quantitative estimate of drug-likeness (QED) is 0.475. The first-order valence-electron chi connectivity index (χ1n) is 8.75. The van der Waals surface area contributed by atoms with Crippen molar-refractivity contribution in [2.24, 2.45) is 4.99 Å². The van der Waals surface area contributed by atoms with Crippen LogP contribution in [0, 0.1) is 0 Å². The number of benzene rings is 2. The minimum absolute atomic E-state index is 0.0151. The predicted molar refractivity (Wildman–Crippen MR) is 110 cm³/mol. The molecule has 9 nitrogen and oxygen atoms in total. The lowest BCUT2D eigenvalue weighted by molar-refractivity contribution is 0.381. The summed E-state index contributed by atoms with van der Waals surface area (Å²) in [6.07, 6.45) is 1.15. The van der Waals surface area contributed by atoms with Gasteiger partial charge in [-0.2, -0.15) is 4.98 Å². The summed E-state index contributed by atoms with van der Waals surface area (Å²) in [5.74, 6) is 0.0927. The van der Waals surface area contributed by atoms with Gasteiger partial charge in [0.15, 0.2) is 0 Å². The molecule has 0 saturated heterocycles. The van der Waals surface area contributed by atoms with Gasteiger partial charge in [-0.3, -0.25) is 14.8 Å². The van der Waals surface area contributed by atoms with Crippen LogP contribution in [-0.2, 0) is 6.54 Å². The number of aromatic hydroxyl groups is 1. The Bertz CT molecular complexity index is 1320. The highest BCUT2D eigenvalue weighted by Crippen LogP contribution is 2.18. The molecular weight excluding hydrogens is 410 g/mol. The van der Waals surface area contributed by atoms with E-state index in [0.717, 1.165) is 16.3 Å². The average molecular weight is 424 g/mol. The molecule has 4 aromatic rings. The summed E-state index contributed by atoms with van der Waals surface area (Å²) in [6, 6.07) is 15.5. The minimum Gasteiger partial charge on any atom is -0.493 e. The molecule has 0 fully saturated rings. The summed E-state index contributed by atoms with van der Waals surface area (Å²) in [5, 5.41) is 14.8. The van der Waals surface area contributed by atoms with Gasteiger partial charge in [-0.1, -0.05) is 47.1 Å². The maximum Gasteiger partial charge on any atom is 0.335 e. The molecule has 2 aromatic carbocycles. The van der Waals surface area contributed by atoms with E-state index in [1.54, 1.807) is 12.1 Å². The zero-order valence-corrected chi connectivity index (χ0v) is 16.1. The van der Waals surface area contributed by atoms with Gasteiger partial charge in [-0.25, -0.2) is 9.36 Å². The molecule has 4 rings (SSSR count). The molecule has 0 unspecified atom stereocenters. The molecule has 10 heteroatoms. The van der Waals surface area contributed by atoms with E-state index < -0.39 is 17.1 Å². The van der Waals surface area contributed by atoms with E-state index in [0.29, 0.717) is 16.5 Å². The van der Waals surface area contributed by atoms with E-state index in [1.807, 2.05) is 30.3 Å². The number of aromatic amines is 1. The van der Waals surface area contributed by atoms with Crippen LogP contribution >= 0.6 is 11.6 Å². The third kappa shape index (κ3) is 3.91. The highest BCUT2D eigenvalue weighted by molar-refractivity contribution is 6.30. The molecule has 0 aliphatic rings. The molecule has 0 saturated carbocycles. The molecule has 0 amide bonds. The van der Waals surface area contributed by atoms with Crippen molar-refractivity contribution in [3.63, 3.8) is 0 Å². The molecule has 2 N–H and O–H groups in total. The molecular formula is C20H14ClN5O4. The second-order valence-corrected chi connectivity index (χ2v) is 6.59. The summed E-state index contributed by atoms with van der Waals surface area (Å²) in [6.45, 7) is -0.0151. The number of H-pyrrole nitrogens is 1. The Morgan fingerprint density at radius 2 is 1.87 bits per heavy atom. The Morgan fingerprint density at radius 1 is 1.13 bits per heavy atom. The third-order valence-electron chi connectivity index (χ3n) is 4.15. The van der Waals surface area contributed by atoms with Crippen LogP contribution in [0.4, 0.5) is 0 Å². The van der Waals surface area contributed by atoms with E-state index in [-0.39, 0.29) is 18.0 Å². The second kappa shape index (κ2) is 8.18. The van der Waals surface area contributed by atoms with Crippen molar-refractivity contribution in [2.45, 2.75) is 6.54 Å². The lowest BCUT2D eigenvalue weighted by Crippen LogP contribution is -2.31. The molecule has 0 radical (unpaired) electrons. The summed E-state index contributed by atoms with van der Waals surface area (Å²) in [7, 11) is 0. The fourth-order valence-electron chi connectivity index (χ4n) is 2.72. The third-order valence-corrected chi connectivity index (χ3v) is 4.40. The van der Waals surface area contributed by atoms with Crippen LogP contribution in [0.2, 0.25) is 5.02 Å². The highest BCUT2D eigenvalue weighted by atomic mass is 35.5. The predicted octanol–water partition coefficient (Wildman–Crippen LogP) is 2.55. The Kier molecular flexibility index (Phi) is 5.27. The van der Waals surface area contributed by atoms with Crippen LogP contribution < -0.4 is 11.2 Å². The number of hydrogen-bond acceptors (Lipinski definition) is 7. The first kappa shape index (κ1) is 19.3. The van der Waals surface area contributed by atoms with Crippen molar-refractivity contribution in [3.05, 3.63) is 91.9 Å². The summed E-state index contributed by atoms with van der Waals surface area (Å²) >= 11 is 5.85. The molecule has 0 atom stereocenters.